The Morgan fingerprint density at radius 2 is 2.00 bits per heavy atom. The minimum atomic E-state index is -1.63. The van der Waals surface area contributed by atoms with Crippen LogP contribution in [0.5, 0.6) is 0 Å². The average Bonchev–Trinajstić information content (AvgIpc) is 3.12. The zero-order valence-corrected chi connectivity index (χ0v) is 18.6. The number of aryl methyl sites for hydroxylation is 2. The Balaban J connectivity index is 1.82. The number of hydrogen-bond acceptors (Lipinski definition) is 6. The molecule has 0 aliphatic carbocycles. The molecule has 7 heteroatoms. The van der Waals surface area contributed by atoms with Crippen molar-refractivity contribution in [1.29, 1.82) is 0 Å². The van der Waals surface area contributed by atoms with Gasteiger partial charge in [0, 0.05) is 23.4 Å². The summed E-state index contributed by atoms with van der Waals surface area (Å²) in [7, 11) is 0. The van der Waals surface area contributed by atoms with Crippen LogP contribution in [-0.2, 0) is 44.2 Å². The van der Waals surface area contributed by atoms with Crippen molar-refractivity contribution < 1.29 is 19.1 Å². The van der Waals surface area contributed by atoms with Crippen molar-refractivity contribution in [3.8, 4) is 11.4 Å². The fourth-order valence-corrected chi connectivity index (χ4v) is 5.08. The molecular weight excluding hydrogens is 408 g/mol. The molecule has 0 radical (unpaired) electrons. The van der Waals surface area contributed by atoms with Gasteiger partial charge in [-0.2, -0.15) is 0 Å². The number of aromatic nitrogens is 2. The van der Waals surface area contributed by atoms with Gasteiger partial charge in [-0.15, -0.1) is 0 Å². The van der Waals surface area contributed by atoms with Gasteiger partial charge in [-0.3, -0.25) is 9.59 Å². The minimum absolute atomic E-state index is 0.137. The lowest BCUT2D eigenvalue weighted by Gasteiger charge is -2.35. The van der Waals surface area contributed by atoms with Gasteiger partial charge in [-0.1, -0.05) is 25.5 Å². The number of fused-ring (bicyclic) bond motifs is 5. The van der Waals surface area contributed by atoms with E-state index in [1.807, 2.05) is 12.1 Å². The predicted molar refractivity (Wildman–Crippen MR) is 118 cm³/mol. The van der Waals surface area contributed by atoms with Gasteiger partial charge in [0.25, 0.3) is 5.56 Å². The van der Waals surface area contributed by atoms with Crippen molar-refractivity contribution in [3.63, 3.8) is 0 Å². The third-order valence-corrected chi connectivity index (χ3v) is 6.60. The van der Waals surface area contributed by atoms with Crippen molar-refractivity contribution >= 4 is 22.8 Å². The summed E-state index contributed by atoms with van der Waals surface area (Å²) >= 11 is 0. The molecule has 2 aliphatic rings. The summed E-state index contributed by atoms with van der Waals surface area (Å²) in [5, 5.41) is 1.10. The van der Waals surface area contributed by atoms with Crippen LogP contribution in [0.4, 0.5) is 0 Å². The van der Waals surface area contributed by atoms with Gasteiger partial charge in [0.05, 0.1) is 29.0 Å². The normalized spacial score (nSPS) is 18.7. The summed E-state index contributed by atoms with van der Waals surface area (Å²) in [6, 6.07) is 7.94. The van der Waals surface area contributed by atoms with Crippen molar-refractivity contribution in [1.82, 2.24) is 9.55 Å². The van der Waals surface area contributed by atoms with E-state index in [-0.39, 0.29) is 18.6 Å². The molecule has 0 spiro atoms. The van der Waals surface area contributed by atoms with Crippen LogP contribution >= 0.6 is 0 Å². The predicted octanol–water partition coefficient (Wildman–Crippen LogP) is 3.52. The minimum Gasteiger partial charge on any atom is -0.457 e. The maximum atomic E-state index is 13.5. The monoisotopic (exact) mass is 432 g/mol. The lowest BCUT2D eigenvalue weighted by molar-refractivity contribution is -0.188. The number of nitrogens with zero attached hydrogens (tertiary/aromatic N) is 2. The molecule has 2 aromatic heterocycles. The van der Waals surface area contributed by atoms with Gasteiger partial charge in [-0.25, -0.2) is 9.78 Å². The summed E-state index contributed by atoms with van der Waals surface area (Å²) in [5.74, 6) is -1.26. The quantitative estimate of drug-likeness (QED) is 0.461. The number of esters is 2. The first-order chi connectivity index (χ1) is 15.3. The van der Waals surface area contributed by atoms with Crippen molar-refractivity contribution in [2.45, 2.75) is 59.3 Å². The first-order valence-corrected chi connectivity index (χ1v) is 10.9. The molecule has 0 fully saturated rings. The molecule has 0 amide bonds. The molecule has 164 valence electrons. The fourth-order valence-electron chi connectivity index (χ4n) is 5.08. The molecule has 0 saturated carbocycles. The Kier molecular flexibility index (Phi) is 4.48. The third-order valence-electron chi connectivity index (χ3n) is 6.60. The largest absolute Gasteiger partial charge is 0.457 e. The van der Waals surface area contributed by atoms with Crippen LogP contribution < -0.4 is 5.56 Å². The molecule has 1 aromatic carbocycles. The SMILES string of the molecule is CCc1c2c(nc3ccc(C)cc13)-c1cc3c(c(=O)n1C2)COC(=O)C3(CC)OC(C)=O. The zero-order valence-electron chi connectivity index (χ0n) is 18.6. The van der Waals surface area contributed by atoms with E-state index < -0.39 is 17.5 Å². The summed E-state index contributed by atoms with van der Waals surface area (Å²) < 4.78 is 12.5. The second-order valence-electron chi connectivity index (χ2n) is 8.46. The number of carbonyl (C=O) groups excluding carboxylic acids is 2. The van der Waals surface area contributed by atoms with Gasteiger partial charge in [0.2, 0.25) is 5.60 Å². The van der Waals surface area contributed by atoms with E-state index >= 15 is 0 Å². The number of pyridine rings is 2. The summed E-state index contributed by atoms with van der Waals surface area (Å²) in [5.41, 5.74) is 4.48. The Morgan fingerprint density at radius 1 is 1.22 bits per heavy atom. The van der Waals surface area contributed by atoms with E-state index in [9.17, 15) is 14.4 Å². The van der Waals surface area contributed by atoms with Crippen molar-refractivity contribution in [2.24, 2.45) is 0 Å². The van der Waals surface area contributed by atoms with Gasteiger partial charge >= 0.3 is 11.9 Å². The van der Waals surface area contributed by atoms with E-state index in [1.54, 1.807) is 17.6 Å². The molecule has 0 N–H and O–H groups in total. The first-order valence-electron chi connectivity index (χ1n) is 10.9. The van der Waals surface area contributed by atoms with Crippen LogP contribution in [0.15, 0.2) is 29.1 Å². The second kappa shape index (κ2) is 7.02. The highest BCUT2D eigenvalue weighted by molar-refractivity contribution is 5.90. The lowest BCUT2D eigenvalue weighted by Crippen LogP contribution is -2.47. The van der Waals surface area contributed by atoms with Crippen molar-refractivity contribution in [3.05, 3.63) is 62.4 Å². The number of ether oxygens (including phenoxy) is 2. The fraction of sp³-hybridized carbons (Fsp3) is 0.360. The number of cyclic esters (lactones) is 1. The molecule has 4 heterocycles. The molecule has 0 bridgehead atoms. The second-order valence-corrected chi connectivity index (χ2v) is 8.46. The molecule has 5 rings (SSSR count). The molecule has 3 aromatic rings. The van der Waals surface area contributed by atoms with Gasteiger partial charge in [-0.05, 0) is 43.5 Å². The Bertz CT molecular complexity index is 1390. The van der Waals surface area contributed by atoms with Crippen LogP contribution in [0.2, 0.25) is 0 Å². The highest BCUT2D eigenvalue weighted by atomic mass is 16.6. The van der Waals surface area contributed by atoms with E-state index in [2.05, 4.69) is 19.9 Å². The topological polar surface area (TPSA) is 87.5 Å². The maximum absolute atomic E-state index is 13.5. The maximum Gasteiger partial charge on any atom is 0.355 e. The van der Waals surface area contributed by atoms with Crippen LogP contribution in [0.3, 0.4) is 0 Å². The highest BCUT2D eigenvalue weighted by Crippen LogP contribution is 2.42. The standard InChI is InChI=1S/C25H24N2O5/c1-5-15-16-9-13(3)7-8-20(16)26-22-17(15)11-27-21(22)10-19-18(23(27)29)12-31-24(30)25(19,6-2)32-14(4)28/h7-10H,5-6,11-12H2,1-4H3. The zero-order chi connectivity index (χ0) is 22.8. The van der Waals surface area contributed by atoms with Crippen LogP contribution in [0.1, 0.15) is 55.0 Å². The van der Waals surface area contributed by atoms with E-state index in [0.717, 1.165) is 34.1 Å². The molecule has 2 aliphatic heterocycles. The molecule has 32 heavy (non-hydrogen) atoms. The highest BCUT2D eigenvalue weighted by Gasteiger charge is 2.50. The van der Waals surface area contributed by atoms with Crippen molar-refractivity contribution in [2.75, 3.05) is 0 Å². The Labute approximate surface area is 185 Å². The average molecular weight is 432 g/mol. The molecule has 7 nitrogen and oxygen atoms in total. The van der Waals surface area contributed by atoms with E-state index in [4.69, 9.17) is 14.5 Å². The van der Waals surface area contributed by atoms with Crippen LogP contribution in [-0.4, -0.2) is 21.5 Å². The summed E-state index contributed by atoms with van der Waals surface area (Å²) in [6.07, 6.45) is 0.972. The molecular formula is C25H24N2O5. The number of hydrogen-bond donors (Lipinski definition) is 0. The number of benzene rings is 1. The summed E-state index contributed by atoms with van der Waals surface area (Å²) in [6.45, 7) is 7.41. The molecule has 0 saturated heterocycles. The van der Waals surface area contributed by atoms with Gasteiger partial charge < -0.3 is 14.0 Å². The van der Waals surface area contributed by atoms with Gasteiger partial charge in [0.15, 0.2) is 0 Å². The number of rotatable bonds is 3. The molecule has 1 atom stereocenters. The summed E-state index contributed by atoms with van der Waals surface area (Å²) in [4.78, 5) is 43.1. The third kappa shape index (κ3) is 2.66. The van der Waals surface area contributed by atoms with E-state index in [1.165, 1.54) is 12.5 Å². The number of carbonyl (C=O) groups is 2. The van der Waals surface area contributed by atoms with Crippen LogP contribution in [0.25, 0.3) is 22.3 Å². The molecule has 1 unspecified atom stereocenters. The van der Waals surface area contributed by atoms with E-state index in [0.29, 0.717) is 23.4 Å². The van der Waals surface area contributed by atoms with Gasteiger partial charge in [0.1, 0.15) is 6.61 Å². The smallest absolute Gasteiger partial charge is 0.355 e. The Hall–Kier alpha value is -3.48. The van der Waals surface area contributed by atoms with Crippen LogP contribution in [0, 0.1) is 6.92 Å². The lowest BCUT2D eigenvalue weighted by atomic mass is 9.85. The Morgan fingerprint density at radius 3 is 2.69 bits per heavy atom. The first kappa shape index (κ1) is 20.4.